The fourth-order valence-electron chi connectivity index (χ4n) is 6.19. The van der Waals surface area contributed by atoms with Crippen molar-refractivity contribution in [1.82, 2.24) is 5.32 Å². The number of fused-ring (bicyclic) bond motifs is 3. The molecule has 3 aliphatic carbocycles. The van der Waals surface area contributed by atoms with Crippen LogP contribution in [0.15, 0.2) is 53.3 Å². The number of primary amides is 1. The number of aliphatic hydroxyl groups excluding tert-OH is 2. The van der Waals surface area contributed by atoms with Crippen LogP contribution in [0.3, 0.4) is 0 Å². The fourth-order valence-corrected chi connectivity index (χ4v) is 6.19. The first-order chi connectivity index (χ1) is 18.5. The van der Waals surface area contributed by atoms with Crippen LogP contribution in [0.1, 0.15) is 35.1 Å². The summed E-state index contributed by atoms with van der Waals surface area (Å²) < 4.78 is 0. The average Bonchev–Trinajstić information content (AvgIpc) is 2.87. The molecular formula is C29H31N3O7. The second-order valence-corrected chi connectivity index (χ2v) is 10.6. The van der Waals surface area contributed by atoms with Crippen molar-refractivity contribution in [2.24, 2.45) is 17.6 Å². The number of benzene rings is 2. The molecule has 1 fully saturated rings. The Hall–Kier alpha value is -4.15. The molecule has 204 valence electrons. The Kier molecular flexibility index (Phi) is 6.48. The number of nitrogens with two attached hydrogens (primary N) is 1. The molecule has 39 heavy (non-hydrogen) atoms. The maximum atomic E-state index is 13.7. The molecule has 1 amide bonds. The van der Waals surface area contributed by atoms with Gasteiger partial charge in [-0.05, 0) is 36.0 Å². The molecule has 0 saturated heterocycles. The molecule has 0 spiro atoms. The highest BCUT2D eigenvalue weighted by Crippen LogP contribution is 2.53. The van der Waals surface area contributed by atoms with Crippen LogP contribution < -0.4 is 16.0 Å². The maximum absolute atomic E-state index is 13.7. The number of aromatic hydroxyl groups is 1. The second kappa shape index (κ2) is 9.55. The Morgan fingerprint density at radius 1 is 1.10 bits per heavy atom. The van der Waals surface area contributed by atoms with Crippen LogP contribution in [-0.2, 0) is 33.9 Å². The molecule has 3 aliphatic rings. The Morgan fingerprint density at radius 2 is 1.79 bits per heavy atom. The number of phenols is 1. The first kappa shape index (κ1) is 26.5. The van der Waals surface area contributed by atoms with Crippen LogP contribution >= 0.6 is 0 Å². The monoisotopic (exact) mass is 533 g/mol. The van der Waals surface area contributed by atoms with Crippen molar-refractivity contribution in [3.05, 3.63) is 75.6 Å². The van der Waals surface area contributed by atoms with Gasteiger partial charge in [-0.15, -0.1) is 0 Å². The number of ketones is 2. The zero-order valence-electron chi connectivity index (χ0n) is 21.7. The van der Waals surface area contributed by atoms with Gasteiger partial charge < -0.3 is 36.4 Å². The molecule has 2 aromatic rings. The summed E-state index contributed by atoms with van der Waals surface area (Å²) in [7, 11) is 3.67. The molecule has 5 rings (SSSR count). The topological polar surface area (TPSA) is 173 Å². The van der Waals surface area contributed by atoms with Crippen molar-refractivity contribution in [2.45, 2.75) is 38.0 Å². The molecule has 1 saturated carbocycles. The Labute approximate surface area is 225 Å². The van der Waals surface area contributed by atoms with Gasteiger partial charge in [-0.25, -0.2) is 0 Å². The standard InChI is InChI=1S/C29H31N3O7/c1-32(2)19-10-16(13-31-12-14-6-4-3-5-7-14)24(34)22-18(19)9-15-8-17-11-20(33)23(28(30)38)27(37)29(17,39)26(36)21(15)25(22)35/h3-7,10,15,17,31,34-35,37,39H,8-9,11-13H2,1-2H3,(H2,30,38)/t15-,17+,29+/m1/s1. The number of amides is 1. The average molecular weight is 534 g/mol. The van der Waals surface area contributed by atoms with Crippen LogP contribution in [-0.4, -0.2) is 57.6 Å². The molecule has 0 heterocycles. The summed E-state index contributed by atoms with van der Waals surface area (Å²) >= 11 is 0. The Bertz CT molecular complexity index is 1460. The second-order valence-electron chi connectivity index (χ2n) is 10.6. The predicted octanol–water partition coefficient (Wildman–Crippen LogP) is 1.78. The largest absolute Gasteiger partial charge is 0.508 e. The number of aliphatic hydroxyl groups is 3. The Morgan fingerprint density at radius 3 is 2.44 bits per heavy atom. The molecule has 0 aromatic heterocycles. The minimum absolute atomic E-state index is 0.0878. The Balaban J connectivity index is 1.59. The van der Waals surface area contributed by atoms with E-state index in [1.54, 1.807) is 0 Å². The quantitative estimate of drug-likeness (QED) is 0.303. The lowest BCUT2D eigenvalue weighted by Gasteiger charge is -2.46. The lowest BCUT2D eigenvalue weighted by molar-refractivity contribution is -0.147. The number of anilines is 1. The van der Waals surface area contributed by atoms with Gasteiger partial charge in [0.05, 0.1) is 5.56 Å². The molecule has 7 N–H and O–H groups in total. The van der Waals surface area contributed by atoms with Crippen LogP contribution in [0.2, 0.25) is 0 Å². The van der Waals surface area contributed by atoms with Gasteiger partial charge in [-0.3, -0.25) is 14.4 Å². The molecule has 0 bridgehead atoms. The lowest BCUT2D eigenvalue weighted by Crippen LogP contribution is -2.58. The molecule has 10 heteroatoms. The smallest absolute Gasteiger partial charge is 0.255 e. The van der Waals surface area contributed by atoms with Crippen molar-refractivity contribution in [2.75, 3.05) is 19.0 Å². The molecular weight excluding hydrogens is 502 g/mol. The minimum Gasteiger partial charge on any atom is -0.508 e. The van der Waals surface area contributed by atoms with E-state index in [0.717, 1.165) is 11.3 Å². The van der Waals surface area contributed by atoms with Gasteiger partial charge in [-0.2, -0.15) is 0 Å². The number of nitrogens with one attached hydrogen (secondary N) is 1. The van der Waals surface area contributed by atoms with E-state index in [1.807, 2.05) is 55.4 Å². The summed E-state index contributed by atoms with van der Waals surface area (Å²) in [5.74, 6) is -6.33. The van der Waals surface area contributed by atoms with E-state index in [-0.39, 0.29) is 42.7 Å². The SMILES string of the molecule is CN(C)c1cc(CNCc2ccccc2)c(O)c2c1C[C@H]1C[C@H]3CC(=O)C(C(N)=O)=C(O)[C@@]3(O)C(=O)C1=C2O. The highest BCUT2D eigenvalue weighted by atomic mass is 16.3. The highest BCUT2D eigenvalue weighted by Gasteiger charge is 2.60. The first-order valence-corrected chi connectivity index (χ1v) is 12.7. The summed E-state index contributed by atoms with van der Waals surface area (Å²) in [6.45, 7) is 0.817. The van der Waals surface area contributed by atoms with E-state index < -0.39 is 52.0 Å². The third kappa shape index (κ3) is 4.07. The third-order valence-electron chi connectivity index (χ3n) is 8.09. The number of rotatable bonds is 6. The number of Topliss-reactive ketones (excluding diaryl/α,β-unsaturated/α-hetero) is 2. The van der Waals surface area contributed by atoms with Gasteiger partial charge >= 0.3 is 0 Å². The highest BCUT2D eigenvalue weighted by molar-refractivity contribution is 6.22. The summed E-state index contributed by atoms with van der Waals surface area (Å²) in [5, 5.41) is 48.2. The van der Waals surface area contributed by atoms with E-state index in [4.69, 9.17) is 5.73 Å². The zero-order chi connectivity index (χ0) is 28.2. The minimum atomic E-state index is -2.58. The molecule has 2 aromatic carbocycles. The van der Waals surface area contributed by atoms with E-state index >= 15 is 0 Å². The van der Waals surface area contributed by atoms with Crippen molar-refractivity contribution in [1.29, 1.82) is 0 Å². The number of hydrogen-bond acceptors (Lipinski definition) is 9. The van der Waals surface area contributed by atoms with Gasteiger partial charge in [-0.1, -0.05) is 30.3 Å². The van der Waals surface area contributed by atoms with E-state index in [0.29, 0.717) is 17.7 Å². The first-order valence-electron chi connectivity index (χ1n) is 12.7. The lowest BCUT2D eigenvalue weighted by atomic mass is 9.59. The van der Waals surface area contributed by atoms with E-state index in [1.165, 1.54) is 0 Å². The van der Waals surface area contributed by atoms with E-state index in [9.17, 15) is 34.8 Å². The van der Waals surface area contributed by atoms with Crippen LogP contribution in [0.4, 0.5) is 5.69 Å². The summed E-state index contributed by atoms with van der Waals surface area (Å²) in [6.07, 6.45) is 0.00387. The maximum Gasteiger partial charge on any atom is 0.255 e. The number of phenolic OH excluding ortho intramolecular Hbond substituents is 1. The van der Waals surface area contributed by atoms with Gasteiger partial charge in [0, 0.05) is 56.3 Å². The van der Waals surface area contributed by atoms with Crippen molar-refractivity contribution in [3.63, 3.8) is 0 Å². The van der Waals surface area contributed by atoms with Crippen molar-refractivity contribution in [3.8, 4) is 5.75 Å². The normalized spacial score (nSPS) is 24.3. The zero-order valence-corrected chi connectivity index (χ0v) is 21.7. The number of hydrogen-bond donors (Lipinski definition) is 6. The number of nitrogens with zero attached hydrogens (tertiary/aromatic N) is 1. The van der Waals surface area contributed by atoms with Crippen molar-refractivity contribution >= 4 is 28.9 Å². The third-order valence-corrected chi connectivity index (χ3v) is 8.09. The van der Waals surface area contributed by atoms with E-state index in [2.05, 4.69) is 5.32 Å². The summed E-state index contributed by atoms with van der Waals surface area (Å²) in [5.41, 5.74) is 4.74. The molecule has 0 radical (unpaired) electrons. The summed E-state index contributed by atoms with van der Waals surface area (Å²) in [4.78, 5) is 39.9. The van der Waals surface area contributed by atoms with Gasteiger partial charge in [0.2, 0.25) is 5.78 Å². The van der Waals surface area contributed by atoms with Crippen LogP contribution in [0, 0.1) is 11.8 Å². The fraction of sp³-hybridized carbons (Fsp3) is 0.345. The number of carbonyl (C=O) groups excluding carboxylic acids is 3. The number of carbonyl (C=O) groups is 3. The van der Waals surface area contributed by atoms with Crippen LogP contribution in [0.5, 0.6) is 5.75 Å². The van der Waals surface area contributed by atoms with Gasteiger partial charge in [0.25, 0.3) is 5.91 Å². The molecule has 0 aliphatic heterocycles. The predicted molar refractivity (Wildman–Crippen MR) is 143 cm³/mol. The summed E-state index contributed by atoms with van der Waals surface area (Å²) in [6, 6.07) is 11.6. The van der Waals surface area contributed by atoms with Gasteiger partial charge in [0.15, 0.2) is 11.4 Å². The van der Waals surface area contributed by atoms with Crippen LogP contribution in [0.25, 0.3) is 5.76 Å². The molecule has 0 unspecified atom stereocenters. The van der Waals surface area contributed by atoms with Gasteiger partial charge in [0.1, 0.15) is 22.8 Å². The van der Waals surface area contributed by atoms with Crippen molar-refractivity contribution < 1.29 is 34.8 Å². The molecule has 10 nitrogen and oxygen atoms in total. The molecule has 3 atom stereocenters.